The van der Waals surface area contributed by atoms with E-state index in [1.54, 1.807) is 18.2 Å². The van der Waals surface area contributed by atoms with Crippen LogP contribution in [0.2, 0.25) is 5.02 Å². The highest BCUT2D eigenvalue weighted by atomic mass is 35.5. The van der Waals surface area contributed by atoms with Gasteiger partial charge in [-0.15, -0.1) is 16.2 Å². The SMILES string of the molecule is COc1ccc2c(O[C@@H]3C[C@H]4C(=O)NCC[C@H](P(=O)(Cc5c(F)cccc5F)N=O)CCCCCCC[C@H](NC(=O)OC5CCCC5)C(=O)N4C3)cc(-c3csc(NC(C)C)n3)nc2c1Cl. The van der Waals surface area contributed by atoms with Gasteiger partial charge in [-0.3, -0.25) is 14.2 Å². The summed E-state index contributed by atoms with van der Waals surface area (Å²) in [5.41, 5.74) is 0.106. The first-order valence-corrected chi connectivity index (χ1v) is 25.9. The summed E-state index contributed by atoms with van der Waals surface area (Å²) < 4.78 is 61.8. The van der Waals surface area contributed by atoms with Crippen LogP contribution in [-0.4, -0.2) is 89.0 Å². The minimum Gasteiger partial charge on any atom is -0.495 e. The van der Waals surface area contributed by atoms with Crippen LogP contribution in [0, 0.1) is 16.5 Å². The van der Waals surface area contributed by atoms with Crippen LogP contribution in [0.1, 0.15) is 103 Å². The Morgan fingerprint density at radius 3 is 2.39 bits per heavy atom. The Kier molecular flexibility index (Phi) is 16.5. The van der Waals surface area contributed by atoms with Gasteiger partial charge in [0.1, 0.15) is 58.1 Å². The molecule has 2 saturated heterocycles. The Morgan fingerprint density at radius 2 is 1.68 bits per heavy atom. The number of alkyl carbamates (subject to hydrolysis) is 1. The molecule has 20 heteroatoms. The first kappa shape index (κ1) is 49.0. The molecule has 3 amide bonds. The van der Waals surface area contributed by atoms with Crippen molar-refractivity contribution in [1.29, 1.82) is 0 Å². The number of nitrogens with zero attached hydrogens (tertiary/aromatic N) is 4. The zero-order valence-electron chi connectivity index (χ0n) is 37.4. The van der Waals surface area contributed by atoms with Crippen molar-refractivity contribution < 1.29 is 41.9 Å². The van der Waals surface area contributed by atoms with Crippen molar-refractivity contribution in [2.24, 2.45) is 4.95 Å². The van der Waals surface area contributed by atoms with Crippen LogP contribution < -0.4 is 25.4 Å². The van der Waals surface area contributed by atoms with E-state index in [-0.39, 0.29) is 55.9 Å². The molecule has 0 spiro atoms. The maximum atomic E-state index is 14.8. The van der Waals surface area contributed by atoms with E-state index >= 15 is 0 Å². The molecule has 15 nitrogen and oxygen atoms in total. The Morgan fingerprint density at radius 1 is 0.970 bits per heavy atom. The highest BCUT2D eigenvalue weighted by Gasteiger charge is 2.44. The van der Waals surface area contributed by atoms with Crippen LogP contribution in [0.25, 0.3) is 22.3 Å². The van der Waals surface area contributed by atoms with Crippen LogP contribution in [0.3, 0.4) is 0 Å². The standard InChI is InChI=1S/C46H57ClF2N7O8PS/c1-27(2)51-45-53-37(26-66-45)36-23-40(31-18-19-39(62-3)41(47)42(31)52-36)63-29-22-38-43(57)50-21-20-30(65(61,55-60)25-32-33(48)15-11-16-34(32)49)14-7-5-4-6-8-17-35(44(58)56(38)24-29)54-46(59)64-28-12-9-10-13-28/h11,15-16,18-19,23,26-30,35,38H,4-10,12-14,17,20-22,24-25H2,1-3H3,(H,50,57)(H,51,53)(H,54,59)/t29-,30-,35+,38+,65?/m1/s1. The van der Waals surface area contributed by atoms with Gasteiger partial charge < -0.3 is 35.1 Å². The van der Waals surface area contributed by atoms with Crippen molar-refractivity contribution in [1.82, 2.24) is 25.5 Å². The molecular formula is C46H57ClF2N7O8PS. The minimum atomic E-state index is -4.11. The fourth-order valence-corrected chi connectivity index (χ4v) is 12.5. The van der Waals surface area contributed by atoms with Gasteiger partial charge in [-0.05, 0) is 88.0 Å². The van der Waals surface area contributed by atoms with E-state index in [0.29, 0.717) is 64.6 Å². The molecule has 0 radical (unpaired) electrons. The van der Waals surface area contributed by atoms with Gasteiger partial charge in [0.2, 0.25) is 19.1 Å². The van der Waals surface area contributed by atoms with E-state index in [1.165, 1.54) is 29.4 Å². The predicted octanol–water partition coefficient (Wildman–Crippen LogP) is 10.4. The number of methoxy groups -OCH3 is 1. The topological polar surface area (TPSA) is 191 Å². The maximum absolute atomic E-state index is 14.8. The number of thiazole rings is 1. The third kappa shape index (κ3) is 11.8. The average Bonchev–Trinajstić information content (AvgIpc) is 4.08. The monoisotopic (exact) mass is 971 g/mol. The average molecular weight is 972 g/mol. The molecule has 0 bridgehead atoms. The Hall–Kier alpha value is -4.93. The lowest BCUT2D eigenvalue weighted by atomic mass is 10.0. The van der Waals surface area contributed by atoms with Crippen LogP contribution in [-0.2, 0) is 25.1 Å². The first-order chi connectivity index (χ1) is 31.8. The molecule has 66 heavy (non-hydrogen) atoms. The lowest BCUT2D eigenvalue weighted by Crippen LogP contribution is -2.54. The zero-order valence-corrected chi connectivity index (χ0v) is 39.8. The molecule has 2 aromatic heterocycles. The molecule has 3 aliphatic rings. The van der Waals surface area contributed by atoms with Crippen LogP contribution in [0.5, 0.6) is 11.5 Å². The minimum absolute atomic E-state index is 0.0314. The van der Waals surface area contributed by atoms with E-state index in [4.69, 9.17) is 35.8 Å². The fraction of sp³-hybridized carbons (Fsp3) is 0.543. The van der Waals surface area contributed by atoms with Crippen molar-refractivity contribution in [3.8, 4) is 22.9 Å². The fourth-order valence-electron chi connectivity index (χ4n) is 9.07. The van der Waals surface area contributed by atoms with Crippen molar-refractivity contribution in [3.63, 3.8) is 0 Å². The molecule has 4 heterocycles. The normalized spacial score (nSPS) is 22.4. The van der Waals surface area contributed by atoms with Gasteiger partial charge in [0, 0.05) is 47.1 Å². The molecule has 7 rings (SSSR count). The predicted molar refractivity (Wildman–Crippen MR) is 251 cm³/mol. The van der Waals surface area contributed by atoms with Gasteiger partial charge in [-0.2, -0.15) is 0 Å². The number of rotatable bonds is 12. The largest absolute Gasteiger partial charge is 0.495 e. The lowest BCUT2D eigenvalue weighted by Gasteiger charge is -2.29. The second-order valence-corrected chi connectivity index (χ2v) is 21.5. The number of anilines is 1. The summed E-state index contributed by atoms with van der Waals surface area (Å²) in [4.78, 5) is 68.8. The van der Waals surface area contributed by atoms with Crippen LogP contribution >= 0.6 is 30.2 Å². The van der Waals surface area contributed by atoms with E-state index in [0.717, 1.165) is 44.2 Å². The summed E-state index contributed by atoms with van der Waals surface area (Å²) in [6, 6.07) is 6.57. The summed E-state index contributed by atoms with van der Waals surface area (Å²) in [5.74, 6) is -2.07. The summed E-state index contributed by atoms with van der Waals surface area (Å²) in [6.07, 6.45) is 4.89. The van der Waals surface area contributed by atoms with Crippen molar-refractivity contribution in [3.05, 3.63) is 68.9 Å². The van der Waals surface area contributed by atoms with E-state index in [9.17, 15) is 32.6 Å². The second-order valence-electron chi connectivity index (χ2n) is 17.6. The molecule has 5 atom stereocenters. The number of fused-ring (bicyclic) bond motifs is 2. The van der Waals surface area contributed by atoms with E-state index in [2.05, 4.69) is 20.9 Å². The van der Waals surface area contributed by atoms with Gasteiger partial charge in [-0.25, -0.2) is 23.5 Å². The Balaban J connectivity index is 1.18. The first-order valence-electron chi connectivity index (χ1n) is 22.7. The van der Waals surface area contributed by atoms with Crippen LogP contribution in [0.4, 0.5) is 18.7 Å². The zero-order chi connectivity index (χ0) is 47.0. The number of aromatic nitrogens is 2. The number of carbonyl (C=O) groups is 3. The van der Waals surface area contributed by atoms with Gasteiger partial charge in [0.15, 0.2) is 5.13 Å². The maximum Gasteiger partial charge on any atom is 0.408 e. The summed E-state index contributed by atoms with van der Waals surface area (Å²) in [7, 11) is -2.61. The quantitative estimate of drug-likeness (QED) is 0.0904. The molecule has 356 valence electrons. The number of carbonyl (C=O) groups excluding carboxylic acids is 3. The molecule has 1 aliphatic carbocycles. The highest BCUT2D eigenvalue weighted by Crippen LogP contribution is 2.58. The molecule has 3 fully saturated rings. The number of hydrogen-bond acceptors (Lipinski definition) is 12. The molecule has 1 saturated carbocycles. The molecule has 2 aliphatic heterocycles. The summed E-state index contributed by atoms with van der Waals surface area (Å²) in [6.45, 7) is 3.92. The molecule has 2 aromatic carbocycles. The number of nitroso groups, excluding NO2 is 1. The van der Waals surface area contributed by atoms with Gasteiger partial charge >= 0.3 is 6.09 Å². The third-order valence-corrected chi connectivity index (χ3v) is 16.4. The highest BCUT2D eigenvalue weighted by molar-refractivity contribution is 7.62. The van der Waals surface area contributed by atoms with Gasteiger partial charge in [0.25, 0.3) is 0 Å². The second kappa shape index (κ2) is 22.2. The molecule has 4 aromatic rings. The number of benzene rings is 2. The Labute approximate surface area is 391 Å². The molecule has 3 N–H and O–H groups in total. The smallest absolute Gasteiger partial charge is 0.408 e. The number of ether oxygens (including phenoxy) is 3. The number of pyridine rings is 1. The van der Waals surface area contributed by atoms with Gasteiger partial charge in [0.05, 0.1) is 31.0 Å². The lowest BCUT2D eigenvalue weighted by molar-refractivity contribution is -0.140. The van der Waals surface area contributed by atoms with E-state index < -0.39 is 72.4 Å². The van der Waals surface area contributed by atoms with Gasteiger partial charge in [-0.1, -0.05) is 49.8 Å². The summed E-state index contributed by atoms with van der Waals surface area (Å²) >= 11 is 8.27. The molecular weight excluding hydrogens is 915 g/mol. The van der Waals surface area contributed by atoms with Crippen molar-refractivity contribution in [2.45, 2.75) is 139 Å². The Bertz CT molecular complexity index is 2420. The number of amides is 3. The van der Waals surface area contributed by atoms with Crippen molar-refractivity contribution >= 4 is 64.2 Å². The van der Waals surface area contributed by atoms with E-state index in [1.807, 2.05) is 19.2 Å². The number of halogens is 3. The number of hydrogen-bond donors (Lipinski definition) is 3. The molecule has 1 unspecified atom stereocenters. The van der Waals surface area contributed by atoms with Crippen LogP contribution in [0.15, 0.2) is 46.7 Å². The summed E-state index contributed by atoms with van der Waals surface area (Å²) in [5, 5.41) is 12.4. The van der Waals surface area contributed by atoms with Crippen molar-refractivity contribution in [2.75, 3.05) is 25.5 Å². The third-order valence-electron chi connectivity index (χ3n) is 12.5. The number of nitrogens with one attached hydrogen (secondary N) is 3.